The molecule has 2 fully saturated rings. The van der Waals surface area contributed by atoms with Crippen LogP contribution in [0.1, 0.15) is 31.2 Å². The summed E-state index contributed by atoms with van der Waals surface area (Å²) in [5.41, 5.74) is 1.19. The third kappa shape index (κ3) is 2.90. The molecule has 6 nitrogen and oxygen atoms in total. The molecule has 116 valence electrons. The van der Waals surface area contributed by atoms with Crippen LogP contribution in [-0.4, -0.2) is 42.0 Å². The van der Waals surface area contributed by atoms with Crippen LogP contribution in [0.2, 0.25) is 0 Å². The van der Waals surface area contributed by atoms with Gasteiger partial charge in [0.25, 0.3) is 5.69 Å². The highest BCUT2D eigenvalue weighted by atomic mass is 16.6. The average molecular weight is 300 g/mol. The van der Waals surface area contributed by atoms with Crippen LogP contribution >= 0.6 is 0 Å². The zero-order chi connectivity index (χ0) is 15.5. The van der Waals surface area contributed by atoms with Gasteiger partial charge >= 0.3 is 0 Å². The standard InChI is InChI=1S/C16H20N4O2/c17-12-13-11-15(20(21)22)5-6-16(13)19-9-7-18(8-10-19)14-3-1-2-4-14/h5-6,11,14H,1-4,7-10H2. The lowest BCUT2D eigenvalue weighted by molar-refractivity contribution is -0.384. The highest BCUT2D eigenvalue weighted by Crippen LogP contribution is 2.28. The van der Waals surface area contributed by atoms with Crippen molar-refractivity contribution in [3.8, 4) is 6.07 Å². The minimum atomic E-state index is -0.456. The van der Waals surface area contributed by atoms with E-state index < -0.39 is 4.92 Å². The summed E-state index contributed by atoms with van der Waals surface area (Å²) in [6.45, 7) is 3.77. The number of anilines is 1. The van der Waals surface area contributed by atoms with E-state index in [1.807, 2.05) is 0 Å². The summed E-state index contributed by atoms with van der Waals surface area (Å²) in [6.07, 6.45) is 5.29. The Balaban J connectivity index is 1.70. The molecule has 2 aliphatic rings. The second kappa shape index (κ2) is 6.32. The Morgan fingerprint density at radius 1 is 1.18 bits per heavy atom. The van der Waals surface area contributed by atoms with Crippen LogP contribution in [0.5, 0.6) is 0 Å². The molecule has 6 heteroatoms. The Labute approximate surface area is 130 Å². The van der Waals surface area contributed by atoms with Crippen LogP contribution in [0.25, 0.3) is 0 Å². The topological polar surface area (TPSA) is 73.4 Å². The van der Waals surface area contributed by atoms with Crippen molar-refractivity contribution < 1.29 is 4.92 Å². The van der Waals surface area contributed by atoms with Gasteiger partial charge in [0.05, 0.1) is 16.2 Å². The summed E-state index contributed by atoms with van der Waals surface area (Å²) in [5, 5.41) is 20.1. The van der Waals surface area contributed by atoms with E-state index in [9.17, 15) is 15.4 Å². The highest BCUT2D eigenvalue weighted by Gasteiger charge is 2.27. The molecule has 1 saturated heterocycles. The van der Waals surface area contributed by atoms with Gasteiger partial charge in [0, 0.05) is 44.4 Å². The first-order valence-corrected chi connectivity index (χ1v) is 7.86. The van der Waals surface area contributed by atoms with Gasteiger partial charge in [0.2, 0.25) is 0 Å². The third-order valence-corrected chi connectivity index (χ3v) is 4.81. The molecule has 3 rings (SSSR count). The molecule has 0 radical (unpaired) electrons. The van der Waals surface area contributed by atoms with Crippen molar-refractivity contribution in [1.29, 1.82) is 5.26 Å². The molecular weight excluding hydrogens is 280 g/mol. The zero-order valence-corrected chi connectivity index (χ0v) is 12.6. The Bertz CT molecular complexity index is 597. The summed E-state index contributed by atoms with van der Waals surface area (Å²) in [7, 11) is 0. The quantitative estimate of drug-likeness (QED) is 0.633. The monoisotopic (exact) mass is 300 g/mol. The molecule has 1 aliphatic heterocycles. The first-order valence-electron chi connectivity index (χ1n) is 7.86. The summed E-state index contributed by atoms with van der Waals surface area (Å²) < 4.78 is 0. The second-order valence-electron chi connectivity index (χ2n) is 6.03. The predicted octanol–water partition coefficient (Wildman–Crippen LogP) is 2.53. The van der Waals surface area contributed by atoms with Crippen molar-refractivity contribution in [2.45, 2.75) is 31.7 Å². The fourth-order valence-electron chi connectivity index (χ4n) is 3.60. The van der Waals surface area contributed by atoms with Crippen molar-refractivity contribution in [2.75, 3.05) is 31.1 Å². The molecule has 0 atom stereocenters. The van der Waals surface area contributed by atoms with Gasteiger partial charge in [-0.25, -0.2) is 0 Å². The van der Waals surface area contributed by atoms with Gasteiger partial charge < -0.3 is 4.90 Å². The molecule has 22 heavy (non-hydrogen) atoms. The maximum Gasteiger partial charge on any atom is 0.270 e. The molecule has 0 bridgehead atoms. The van der Waals surface area contributed by atoms with Crippen molar-refractivity contribution in [3.63, 3.8) is 0 Å². The van der Waals surface area contributed by atoms with Crippen LogP contribution < -0.4 is 4.90 Å². The smallest absolute Gasteiger partial charge is 0.270 e. The largest absolute Gasteiger partial charge is 0.368 e. The number of nitro groups is 1. The number of hydrogen-bond acceptors (Lipinski definition) is 5. The normalized spacial score (nSPS) is 20.0. The number of rotatable bonds is 3. The number of hydrogen-bond donors (Lipinski definition) is 0. The number of benzene rings is 1. The second-order valence-corrected chi connectivity index (χ2v) is 6.03. The SMILES string of the molecule is N#Cc1cc([N+](=O)[O-])ccc1N1CCN(C2CCCC2)CC1. The van der Waals surface area contributed by atoms with Crippen molar-refractivity contribution in [2.24, 2.45) is 0 Å². The summed E-state index contributed by atoms with van der Waals surface area (Å²) >= 11 is 0. The minimum Gasteiger partial charge on any atom is -0.368 e. The number of nitrogens with zero attached hydrogens (tertiary/aromatic N) is 4. The van der Waals surface area contributed by atoms with Crippen molar-refractivity contribution >= 4 is 11.4 Å². The molecule has 1 aliphatic carbocycles. The van der Waals surface area contributed by atoms with Crippen LogP contribution in [0.15, 0.2) is 18.2 Å². The van der Waals surface area contributed by atoms with E-state index in [-0.39, 0.29) is 5.69 Å². The van der Waals surface area contributed by atoms with Gasteiger partial charge in [-0.2, -0.15) is 5.26 Å². The van der Waals surface area contributed by atoms with E-state index in [0.29, 0.717) is 5.56 Å². The van der Waals surface area contributed by atoms with E-state index in [0.717, 1.165) is 37.9 Å². The molecule has 0 unspecified atom stereocenters. The molecular formula is C16H20N4O2. The Kier molecular flexibility index (Phi) is 4.25. The molecule has 0 N–H and O–H groups in total. The lowest BCUT2D eigenvalue weighted by atomic mass is 10.1. The molecule has 1 aromatic rings. The highest BCUT2D eigenvalue weighted by molar-refractivity contribution is 5.63. The van der Waals surface area contributed by atoms with Gasteiger partial charge in [-0.05, 0) is 18.9 Å². The van der Waals surface area contributed by atoms with Crippen LogP contribution in [0, 0.1) is 21.4 Å². The fourth-order valence-corrected chi connectivity index (χ4v) is 3.60. The first-order chi connectivity index (χ1) is 10.7. The Morgan fingerprint density at radius 3 is 2.45 bits per heavy atom. The van der Waals surface area contributed by atoms with E-state index in [1.165, 1.54) is 37.8 Å². The molecule has 0 spiro atoms. The van der Waals surface area contributed by atoms with Crippen LogP contribution in [-0.2, 0) is 0 Å². The molecule has 0 amide bonds. The summed E-state index contributed by atoms with van der Waals surface area (Å²) in [4.78, 5) is 15.1. The van der Waals surface area contributed by atoms with E-state index in [2.05, 4.69) is 15.9 Å². The van der Waals surface area contributed by atoms with E-state index in [4.69, 9.17) is 0 Å². The van der Waals surface area contributed by atoms with Crippen LogP contribution in [0.3, 0.4) is 0 Å². The zero-order valence-electron chi connectivity index (χ0n) is 12.6. The molecule has 1 heterocycles. The van der Waals surface area contributed by atoms with E-state index in [1.54, 1.807) is 6.07 Å². The minimum absolute atomic E-state index is 0.0232. The number of piperazine rings is 1. The Morgan fingerprint density at radius 2 is 1.86 bits per heavy atom. The average Bonchev–Trinajstić information content (AvgIpc) is 3.09. The van der Waals surface area contributed by atoms with Gasteiger partial charge in [-0.1, -0.05) is 12.8 Å². The lowest BCUT2D eigenvalue weighted by Crippen LogP contribution is -2.49. The Hall–Kier alpha value is -2.13. The van der Waals surface area contributed by atoms with Gasteiger partial charge in [-0.3, -0.25) is 15.0 Å². The lowest BCUT2D eigenvalue weighted by Gasteiger charge is -2.39. The van der Waals surface area contributed by atoms with Crippen molar-refractivity contribution in [3.05, 3.63) is 33.9 Å². The number of nitriles is 1. The van der Waals surface area contributed by atoms with Gasteiger partial charge in [0.15, 0.2) is 0 Å². The maximum absolute atomic E-state index is 10.8. The van der Waals surface area contributed by atoms with Gasteiger partial charge in [0.1, 0.15) is 6.07 Å². The molecule has 1 saturated carbocycles. The van der Waals surface area contributed by atoms with E-state index >= 15 is 0 Å². The van der Waals surface area contributed by atoms with Crippen LogP contribution in [0.4, 0.5) is 11.4 Å². The summed E-state index contributed by atoms with van der Waals surface area (Å²) in [5.74, 6) is 0. The first kappa shape index (κ1) is 14.8. The fraction of sp³-hybridized carbons (Fsp3) is 0.562. The maximum atomic E-state index is 10.8. The number of nitro benzene ring substituents is 1. The molecule has 0 aromatic heterocycles. The third-order valence-electron chi connectivity index (χ3n) is 4.81. The summed E-state index contributed by atoms with van der Waals surface area (Å²) in [6, 6.07) is 7.40. The van der Waals surface area contributed by atoms with Crippen molar-refractivity contribution in [1.82, 2.24) is 4.90 Å². The molecule has 1 aromatic carbocycles. The van der Waals surface area contributed by atoms with Gasteiger partial charge in [-0.15, -0.1) is 0 Å². The predicted molar refractivity (Wildman–Crippen MR) is 83.9 cm³/mol. The number of non-ortho nitro benzene ring substituents is 1.